The minimum atomic E-state index is -0.124. The number of nitrogens with zero attached hydrogens (tertiary/aromatic N) is 1. The lowest BCUT2D eigenvalue weighted by molar-refractivity contribution is -0.119. The van der Waals surface area contributed by atoms with E-state index < -0.39 is 0 Å². The average Bonchev–Trinajstić information content (AvgIpc) is 2.47. The van der Waals surface area contributed by atoms with Crippen molar-refractivity contribution in [2.75, 3.05) is 30.3 Å². The van der Waals surface area contributed by atoms with E-state index in [2.05, 4.69) is 23.8 Å². The van der Waals surface area contributed by atoms with Crippen LogP contribution in [0.4, 0.5) is 11.4 Å². The van der Waals surface area contributed by atoms with Crippen LogP contribution in [0.2, 0.25) is 0 Å². The van der Waals surface area contributed by atoms with Crippen LogP contribution in [0.3, 0.4) is 0 Å². The standard InChI is InChI=1S/C18H25N3O2/c1-5-10-21(11-6-2)13-17(22)19-15-8-7-9-16(12-15)20-18(23)14(3)4/h5-9,12,14H,1-2,10-11,13H2,3-4H3,(H,19,22)(H,20,23). The van der Waals surface area contributed by atoms with E-state index in [1.807, 2.05) is 18.7 Å². The number of benzene rings is 1. The Morgan fingerprint density at radius 3 is 2.22 bits per heavy atom. The Morgan fingerprint density at radius 1 is 1.13 bits per heavy atom. The van der Waals surface area contributed by atoms with E-state index in [1.54, 1.807) is 36.4 Å². The Bertz CT molecular complexity index is 557. The van der Waals surface area contributed by atoms with Crippen molar-refractivity contribution >= 4 is 23.2 Å². The van der Waals surface area contributed by atoms with E-state index in [1.165, 1.54) is 0 Å². The molecule has 0 atom stereocenters. The van der Waals surface area contributed by atoms with Gasteiger partial charge in [-0.1, -0.05) is 32.1 Å². The molecule has 0 saturated heterocycles. The number of rotatable bonds is 9. The van der Waals surface area contributed by atoms with E-state index >= 15 is 0 Å². The summed E-state index contributed by atoms with van der Waals surface area (Å²) >= 11 is 0. The summed E-state index contributed by atoms with van der Waals surface area (Å²) in [7, 11) is 0. The predicted molar refractivity (Wildman–Crippen MR) is 95.4 cm³/mol. The normalized spacial score (nSPS) is 10.4. The molecular weight excluding hydrogens is 290 g/mol. The molecule has 0 spiro atoms. The highest BCUT2D eigenvalue weighted by atomic mass is 16.2. The lowest BCUT2D eigenvalue weighted by atomic mass is 10.2. The van der Waals surface area contributed by atoms with E-state index in [0.717, 1.165) is 0 Å². The molecule has 1 rings (SSSR count). The van der Waals surface area contributed by atoms with Crippen LogP contribution in [-0.4, -0.2) is 36.3 Å². The van der Waals surface area contributed by atoms with Crippen LogP contribution >= 0.6 is 0 Å². The number of carbonyl (C=O) groups is 2. The quantitative estimate of drug-likeness (QED) is 0.689. The molecule has 2 N–H and O–H groups in total. The number of hydrogen-bond acceptors (Lipinski definition) is 3. The number of nitrogens with one attached hydrogen (secondary N) is 2. The average molecular weight is 315 g/mol. The summed E-state index contributed by atoms with van der Waals surface area (Å²) in [6, 6.07) is 7.10. The molecule has 23 heavy (non-hydrogen) atoms. The van der Waals surface area contributed by atoms with Gasteiger partial charge in [-0.15, -0.1) is 13.2 Å². The summed E-state index contributed by atoms with van der Waals surface area (Å²) in [6.45, 7) is 12.5. The lowest BCUT2D eigenvalue weighted by Gasteiger charge is -2.18. The molecule has 0 unspecified atom stereocenters. The smallest absolute Gasteiger partial charge is 0.238 e. The van der Waals surface area contributed by atoms with E-state index in [-0.39, 0.29) is 24.3 Å². The minimum Gasteiger partial charge on any atom is -0.326 e. The molecule has 5 nitrogen and oxygen atoms in total. The maximum absolute atomic E-state index is 12.1. The molecule has 0 heterocycles. The summed E-state index contributed by atoms with van der Waals surface area (Å²) in [5.41, 5.74) is 1.31. The largest absolute Gasteiger partial charge is 0.326 e. The van der Waals surface area contributed by atoms with Gasteiger partial charge < -0.3 is 10.6 Å². The topological polar surface area (TPSA) is 61.4 Å². The molecule has 0 radical (unpaired) electrons. The first-order chi connectivity index (χ1) is 11.0. The van der Waals surface area contributed by atoms with Gasteiger partial charge in [0.15, 0.2) is 0 Å². The lowest BCUT2D eigenvalue weighted by Crippen LogP contribution is -2.33. The van der Waals surface area contributed by atoms with Crippen LogP contribution in [0.15, 0.2) is 49.6 Å². The Labute approximate surface area is 138 Å². The Morgan fingerprint density at radius 2 is 1.70 bits per heavy atom. The fourth-order valence-electron chi connectivity index (χ4n) is 1.93. The molecule has 0 aliphatic rings. The molecule has 0 saturated carbocycles. The van der Waals surface area contributed by atoms with Crippen LogP contribution in [-0.2, 0) is 9.59 Å². The highest BCUT2D eigenvalue weighted by molar-refractivity contribution is 5.95. The van der Waals surface area contributed by atoms with Crippen LogP contribution < -0.4 is 10.6 Å². The fraction of sp³-hybridized carbons (Fsp3) is 0.333. The number of hydrogen-bond donors (Lipinski definition) is 2. The maximum atomic E-state index is 12.1. The monoisotopic (exact) mass is 315 g/mol. The third kappa shape index (κ3) is 6.93. The van der Waals surface area contributed by atoms with Crippen molar-refractivity contribution in [2.24, 2.45) is 5.92 Å². The molecule has 5 heteroatoms. The van der Waals surface area contributed by atoms with Crippen molar-refractivity contribution in [1.29, 1.82) is 0 Å². The van der Waals surface area contributed by atoms with Gasteiger partial charge in [-0.3, -0.25) is 14.5 Å². The summed E-state index contributed by atoms with van der Waals surface area (Å²) in [5, 5.41) is 5.64. The number of carbonyl (C=O) groups excluding carboxylic acids is 2. The third-order valence-corrected chi connectivity index (χ3v) is 3.08. The zero-order valence-corrected chi connectivity index (χ0v) is 13.8. The summed E-state index contributed by atoms with van der Waals surface area (Å²) in [5.74, 6) is -0.280. The summed E-state index contributed by atoms with van der Waals surface area (Å²) in [4.78, 5) is 25.7. The van der Waals surface area contributed by atoms with Gasteiger partial charge >= 0.3 is 0 Å². The van der Waals surface area contributed by atoms with Crippen molar-refractivity contribution in [3.8, 4) is 0 Å². The summed E-state index contributed by atoms with van der Waals surface area (Å²) < 4.78 is 0. The molecule has 0 fully saturated rings. The van der Waals surface area contributed by atoms with Gasteiger partial charge in [-0.2, -0.15) is 0 Å². The van der Waals surface area contributed by atoms with Crippen molar-refractivity contribution < 1.29 is 9.59 Å². The van der Waals surface area contributed by atoms with E-state index in [9.17, 15) is 9.59 Å². The maximum Gasteiger partial charge on any atom is 0.238 e. The van der Waals surface area contributed by atoms with Gasteiger partial charge in [-0.05, 0) is 18.2 Å². The van der Waals surface area contributed by atoms with Gasteiger partial charge in [0.05, 0.1) is 6.54 Å². The molecule has 0 aromatic heterocycles. The van der Waals surface area contributed by atoms with Crippen molar-refractivity contribution in [3.05, 3.63) is 49.6 Å². The van der Waals surface area contributed by atoms with E-state index in [4.69, 9.17) is 0 Å². The third-order valence-electron chi connectivity index (χ3n) is 3.08. The Kier molecular flexibility index (Phi) is 7.77. The molecule has 1 aromatic rings. The highest BCUT2D eigenvalue weighted by Crippen LogP contribution is 2.16. The predicted octanol–water partition coefficient (Wildman–Crippen LogP) is 2.89. The first kappa shape index (κ1) is 18.6. The SMILES string of the molecule is C=CCN(CC=C)CC(=O)Nc1cccc(NC(=O)C(C)C)c1. The van der Waals surface area contributed by atoms with Crippen LogP contribution in [0.1, 0.15) is 13.8 Å². The van der Waals surface area contributed by atoms with Crippen molar-refractivity contribution in [3.63, 3.8) is 0 Å². The molecule has 1 aromatic carbocycles. The summed E-state index contributed by atoms with van der Waals surface area (Å²) in [6.07, 6.45) is 3.50. The van der Waals surface area contributed by atoms with Crippen molar-refractivity contribution in [1.82, 2.24) is 4.90 Å². The second kappa shape index (κ2) is 9.58. The molecule has 2 amide bonds. The van der Waals surface area contributed by atoms with Crippen LogP contribution in [0, 0.1) is 5.92 Å². The fourth-order valence-corrected chi connectivity index (χ4v) is 1.93. The van der Waals surface area contributed by atoms with Crippen LogP contribution in [0.25, 0.3) is 0 Å². The zero-order valence-electron chi connectivity index (χ0n) is 13.8. The van der Waals surface area contributed by atoms with Crippen molar-refractivity contribution in [2.45, 2.75) is 13.8 Å². The molecule has 124 valence electrons. The van der Waals surface area contributed by atoms with Gasteiger partial charge in [0, 0.05) is 30.4 Å². The zero-order chi connectivity index (χ0) is 17.2. The number of amides is 2. The van der Waals surface area contributed by atoms with Gasteiger partial charge in [-0.25, -0.2) is 0 Å². The highest BCUT2D eigenvalue weighted by Gasteiger charge is 2.10. The first-order valence-corrected chi connectivity index (χ1v) is 7.61. The first-order valence-electron chi connectivity index (χ1n) is 7.61. The Hall–Kier alpha value is -2.40. The molecular formula is C18H25N3O2. The Balaban J connectivity index is 2.65. The number of anilines is 2. The van der Waals surface area contributed by atoms with Crippen LogP contribution in [0.5, 0.6) is 0 Å². The minimum absolute atomic E-state index is 0.0587. The second-order valence-electron chi connectivity index (χ2n) is 5.54. The van der Waals surface area contributed by atoms with Gasteiger partial charge in [0.1, 0.15) is 0 Å². The van der Waals surface area contributed by atoms with Gasteiger partial charge in [0.25, 0.3) is 0 Å². The molecule has 0 aliphatic carbocycles. The van der Waals surface area contributed by atoms with Gasteiger partial charge in [0.2, 0.25) is 11.8 Å². The molecule has 0 bridgehead atoms. The second-order valence-corrected chi connectivity index (χ2v) is 5.54. The molecule has 0 aliphatic heterocycles. The van der Waals surface area contributed by atoms with E-state index in [0.29, 0.717) is 24.5 Å².